The fourth-order valence-corrected chi connectivity index (χ4v) is 4.39. The Hall–Kier alpha value is -1.65. The lowest BCUT2D eigenvalue weighted by atomic mass is 9.88. The molecule has 0 bridgehead atoms. The van der Waals surface area contributed by atoms with E-state index >= 15 is 0 Å². The van der Waals surface area contributed by atoms with Crippen LogP contribution in [0.15, 0.2) is 42.5 Å². The fraction of sp³-hybridized carbons (Fsp3) is 0.478. The summed E-state index contributed by atoms with van der Waals surface area (Å²) in [4.78, 5) is 20.1. The molecule has 0 aromatic heterocycles. The summed E-state index contributed by atoms with van der Waals surface area (Å²) in [7, 11) is -4.44. The van der Waals surface area contributed by atoms with Crippen LogP contribution in [0.3, 0.4) is 0 Å². The zero-order valence-corrected chi connectivity index (χ0v) is 18.7. The number of phenolic OH excluding ortho intramolecular Hbond substituents is 1. The Morgan fingerprint density at radius 3 is 1.93 bits per heavy atom. The molecule has 2 aromatic rings. The minimum Gasteiger partial charge on any atom is -0.507 e. The Kier molecular flexibility index (Phi) is 8.47. The van der Waals surface area contributed by atoms with Crippen LogP contribution in [0, 0.1) is 0 Å². The molecule has 0 heterocycles. The summed E-state index contributed by atoms with van der Waals surface area (Å²) in [6.45, 7) is 8.57. The maximum absolute atomic E-state index is 12.3. The van der Waals surface area contributed by atoms with Gasteiger partial charge in [-0.3, -0.25) is 9.88 Å². The minimum absolute atomic E-state index is 0.0968. The molecule has 6 heteroatoms. The molecule has 0 aliphatic heterocycles. The lowest BCUT2D eigenvalue weighted by Crippen LogP contribution is -2.24. The van der Waals surface area contributed by atoms with Crippen molar-refractivity contribution in [1.82, 2.24) is 5.32 Å². The summed E-state index contributed by atoms with van der Waals surface area (Å²) in [6.07, 6.45) is 2.34. The Morgan fingerprint density at radius 1 is 0.966 bits per heavy atom. The maximum atomic E-state index is 12.3. The van der Waals surface area contributed by atoms with Crippen molar-refractivity contribution in [3.63, 3.8) is 0 Å². The number of nitrogens with one attached hydrogen (secondary N) is 1. The molecule has 4 N–H and O–H groups in total. The van der Waals surface area contributed by atoms with Crippen LogP contribution in [-0.4, -0.2) is 21.4 Å². The molecule has 5 nitrogen and oxygen atoms in total. The molecule has 0 saturated carbocycles. The molecule has 0 saturated heterocycles. The fourth-order valence-electron chi connectivity index (χ4n) is 3.48. The molecule has 0 fully saturated rings. The van der Waals surface area contributed by atoms with Gasteiger partial charge in [0.2, 0.25) is 0 Å². The number of rotatable bonds is 10. The van der Waals surface area contributed by atoms with Gasteiger partial charge >= 0.3 is 7.60 Å². The van der Waals surface area contributed by atoms with E-state index in [0.717, 1.165) is 29.5 Å². The van der Waals surface area contributed by atoms with Crippen LogP contribution < -0.4 is 5.32 Å². The first-order valence-electron chi connectivity index (χ1n) is 10.4. The molecule has 3 unspecified atom stereocenters. The molecule has 0 radical (unpaired) electrons. The van der Waals surface area contributed by atoms with E-state index in [1.54, 1.807) is 12.1 Å². The number of phenols is 1. The predicted octanol–water partition coefficient (Wildman–Crippen LogP) is 5.43. The number of hydrogen-bond donors (Lipinski definition) is 4. The van der Waals surface area contributed by atoms with E-state index in [1.165, 1.54) is 0 Å². The van der Waals surface area contributed by atoms with Gasteiger partial charge in [-0.2, -0.15) is 0 Å². The monoisotopic (exact) mass is 419 g/mol. The molecule has 0 amide bonds. The van der Waals surface area contributed by atoms with Crippen molar-refractivity contribution in [3.05, 3.63) is 64.7 Å². The van der Waals surface area contributed by atoms with E-state index in [-0.39, 0.29) is 17.6 Å². The molecule has 3 atom stereocenters. The van der Waals surface area contributed by atoms with E-state index in [1.807, 2.05) is 58.0 Å². The predicted molar refractivity (Wildman–Crippen MR) is 118 cm³/mol. The average molecular weight is 420 g/mol. The minimum atomic E-state index is -4.44. The molecule has 0 aliphatic rings. The highest BCUT2D eigenvalue weighted by Gasteiger charge is 2.32. The first-order chi connectivity index (χ1) is 13.7. The van der Waals surface area contributed by atoms with Gasteiger partial charge in [0, 0.05) is 6.54 Å². The molecule has 0 aliphatic carbocycles. The second-order valence-electron chi connectivity index (χ2n) is 7.85. The highest BCUT2D eigenvalue weighted by atomic mass is 31.2. The lowest BCUT2D eigenvalue weighted by molar-refractivity contribution is 0.347. The van der Waals surface area contributed by atoms with Crippen LogP contribution in [0.4, 0.5) is 0 Å². The molecule has 29 heavy (non-hydrogen) atoms. The smallest absolute Gasteiger partial charge is 0.346 e. The van der Waals surface area contributed by atoms with Crippen molar-refractivity contribution in [3.8, 4) is 5.75 Å². The van der Waals surface area contributed by atoms with Crippen LogP contribution in [0.5, 0.6) is 5.75 Å². The summed E-state index contributed by atoms with van der Waals surface area (Å²) >= 11 is 0. The topological polar surface area (TPSA) is 89.8 Å². The summed E-state index contributed by atoms with van der Waals surface area (Å²) in [5.41, 5.74) is 3.15. The van der Waals surface area contributed by atoms with Gasteiger partial charge in [-0.15, -0.1) is 0 Å². The molecular formula is C23H34NO4P. The second kappa shape index (κ2) is 10.4. The summed E-state index contributed by atoms with van der Waals surface area (Å²) < 4.78 is 12.3. The number of benzene rings is 2. The van der Waals surface area contributed by atoms with Gasteiger partial charge < -0.3 is 14.9 Å². The average Bonchev–Trinajstić information content (AvgIpc) is 2.70. The maximum Gasteiger partial charge on any atom is 0.346 e. The Balaban J connectivity index is 2.39. The first kappa shape index (κ1) is 23.6. The van der Waals surface area contributed by atoms with Gasteiger partial charge in [-0.05, 0) is 65.5 Å². The van der Waals surface area contributed by atoms with Crippen LogP contribution in [0.25, 0.3) is 0 Å². The summed E-state index contributed by atoms with van der Waals surface area (Å²) in [5.74, 6) is -0.650. The Labute approximate surface area is 174 Å². The molecule has 2 aromatic carbocycles. The van der Waals surface area contributed by atoms with Crippen molar-refractivity contribution in [2.75, 3.05) is 6.54 Å². The Morgan fingerprint density at radius 2 is 1.48 bits per heavy atom. The number of hydrogen-bond acceptors (Lipinski definition) is 3. The molecule has 0 spiro atoms. The summed E-state index contributed by atoms with van der Waals surface area (Å²) in [6, 6.07) is 13.4. The third-order valence-electron chi connectivity index (χ3n) is 5.72. The Bertz CT molecular complexity index is 803. The highest BCUT2D eigenvalue weighted by molar-refractivity contribution is 7.52. The standard InChI is InChI=1S/C23H34NO4P/c1-5-16(3)20-14-19(15-21(22(20)25)17(4)6-2)23(29(26,27)28)24-13-12-18-10-8-7-9-11-18/h7-11,14-17,23-25H,5-6,12-13H2,1-4H3,(H2,26,27,28). The zero-order chi connectivity index (χ0) is 21.6. The van der Waals surface area contributed by atoms with Gasteiger partial charge in [-0.1, -0.05) is 58.0 Å². The van der Waals surface area contributed by atoms with E-state index in [9.17, 15) is 19.5 Å². The molecule has 160 valence electrons. The van der Waals surface area contributed by atoms with Crippen molar-refractivity contribution >= 4 is 7.60 Å². The third kappa shape index (κ3) is 6.16. The van der Waals surface area contributed by atoms with Crippen LogP contribution in [0.1, 0.15) is 80.4 Å². The van der Waals surface area contributed by atoms with E-state index < -0.39 is 13.4 Å². The number of aromatic hydroxyl groups is 1. The van der Waals surface area contributed by atoms with E-state index in [2.05, 4.69) is 5.32 Å². The van der Waals surface area contributed by atoms with Crippen LogP contribution >= 0.6 is 7.60 Å². The van der Waals surface area contributed by atoms with Gasteiger partial charge in [0.25, 0.3) is 0 Å². The van der Waals surface area contributed by atoms with Gasteiger partial charge in [0.1, 0.15) is 11.5 Å². The van der Waals surface area contributed by atoms with Crippen molar-refractivity contribution < 1.29 is 19.5 Å². The van der Waals surface area contributed by atoms with E-state index in [0.29, 0.717) is 18.5 Å². The molecule has 2 rings (SSSR count). The van der Waals surface area contributed by atoms with Gasteiger partial charge in [0.15, 0.2) is 0 Å². The van der Waals surface area contributed by atoms with Gasteiger partial charge in [0.05, 0.1) is 0 Å². The zero-order valence-electron chi connectivity index (χ0n) is 17.8. The van der Waals surface area contributed by atoms with Crippen molar-refractivity contribution in [2.24, 2.45) is 0 Å². The van der Waals surface area contributed by atoms with E-state index in [4.69, 9.17) is 0 Å². The lowest BCUT2D eigenvalue weighted by Gasteiger charge is -2.25. The first-order valence-corrected chi connectivity index (χ1v) is 12.1. The second-order valence-corrected chi connectivity index (χ2v) is 9.54. The van der Waals surface area contributed by atoms with Gasteiger partial charge in [-0.25, -0.2) is 0 Å². The third-order valence-corrected chi connectivity index (χ3v) is 6.88. The van der Waals surface area contributed by atoms with Crippen molar-refractivity contribution in [1.29, 1.82) is 0 Å². The van der Waals surface area contributed by atoms with Crippen LogP contribution in [0.2, 0.25) is 0 Å². The molecular weight excluding hydrogens is 385 g/mol. The SMILES string of the molecule is CCC(C)c1cc(C(NCCc2ccccc2)P(=O)(O)O)cc(C(C)CC)c1O. The van der Waals surface area contributed by atoms with Crippen molar-refractivity contribution in [2.45, 2.75) is 64.6 Å². The van der Waals surface area contributed by atoms with Crippen LogP contribution in [-0.2, 0) is 11.0 Å². The summed E-state index contributed by atoms with van der Waals surface area (Å²) in [5, 5.41) is 13.9. The largest absolute Gasteiger partial charge is 0.507 e. The normalized spacial score (nSPS) is 15.1. The quantitative estimate of drug-likeness (QED) is 0.386. The highest BCUT2D eigenvalue weighted by Crippen LogP contribution is 2.51.